The molecule has 0 aliphatic rings. The van der Waals surface area contributed by atoms with Crippen molar-refractivity contribution in [2.24, 2.45) is 4.99 Å². The van der Waals surface area contributed by atoms with E-state index in [1.165, 1.54) is 6.20 Å². The Balaban J connectivity index is 1.75. The molecule has 0 radical (unpaired) electrons. The van der Waals surface area contributed by atoms with Crippen LogP contribution < -0.4 is 16.0 Å². The number of guanidine groups is 1. The molecule has 7 nitrogen and oxygen atoms in total. The average molecular weight is 414 g/mol. The molecule has 0 unspecified atom stereocenters. The molecule has 11 heteroatoms. The van der Waals surface area contributed by atoms with Crippen LogP contribution in [0, 0.1) is 0 Å². The van der Waals surface area contributed by atoms with E-state index in [-0.39, 0.29) is 5.91 Å². The Hall–Kier alpha value is -2.69. The minimum Gasteiger partial charge on any atom is -0.357 e. The number of alkyl halides is 3. The summed E-state index contributed by atoms with van der Waals surface area (Å²) in [5, 5.41) is 10.2. The molecule has 0 fully saturated rings. The maximum atomic E-state index is 12.6. The number of aromatic nitrogens is 2. The summed E-state index contributed by atoms with van der Waals surface area (Å²) in [6.07, 6.45) is -1.03. The molecule has 2 aromatic heterocycles. The molecule has 152 valence electrons. The van der Waals surface area contributed by atoms with Gasteiger partial charge in [0.25, 0.3) is 5.91 Å². The lowest BCUT2D eigenvalue weighted by atomic mass is 10.3. The van der Waals surface area contributed by atoms with Crippen LogP contribution in [-0.4, -0.2) is 48.0 Å². The molecule has 3 N–H and O–H groups in total. The van der Waals surface area contributed by atoms with Crippen molar-refractivity contribution in [3.63, 3.8) is 0 Å². The Kier molecular flexibility index (Phi) is 8.18. The van der Waals surface area contributed by atoms with E-state index >= 15 is 0 Å². The van der Waals surface area contributed by atoms with Crippen molar-refractivity contribution in [3.05, 3.63) is 46.2 Å². The molecule has 2 heterocycles. The van der Waals surface area contributed by atoms with Crippen LogP contribution in [0.15, 0.2) is 34.9 Å². The Morgan fingerprint density at radius 3 is 2.68 bits per heavy atom. The first-order valence-electron chi connectivity index (χ1n) is 8.62. The lowest BCUT2D eigenvalue weighted by Gasteiger charge is -2.11. The number of rotatable bonds is 8. The number of halogens is 3. The molecule has 2 aromatic rings. The van der Waals surface area contributed by atoms with Gasteiger partial charge in [-0.05, 0) is 19.1 Å². The fourth-order valence-electron chi connectivity index (χ4n) is 2.12. The zero-order valence-corrected chi connectivity index (χ0v) is 16.0. The second-order valence-corrected chi connectivity index (χ2v) is 6.50. The van der Waals surface area contributed by atoms with Crippen LogP contribution in [0.1, 0.15) is 28.0 Å². The van der Waals surface area contributed by atoms with Gasteiger partial charge in [-0.25, -0.2) is 4.98 Å². The summed E-state index contributed by atoms with van der Waals surface area (Å²) in [7, 11) is 0. The summed E-state index contributed by atoms with van der Waals surface area (Å²) >= 11 is 0.970. The molecular formula is C17H21F3N6OS. The van der Waals surface area contributed by atoms with Crippen LogP contribution >= 0.6 is 11.3 Å². The Bertz CT molecular complexity index is 779. The number of amides is 1. The molecule has 0 aromatic carbocycles. The smallest absolute Gasteiger partial charge is 0.357 e. The van der Waals surface area contributed by atoms with Gasteiger partial charge < -0.3 is 16.0 Å². The molecule has 0 aliphatic heterocycles. The van der Waals surface area contributed by atoms with E-state index in [4.69, 9.17) is 0 Å². The van der Waals surface area contributed by atoms with Gasteiger partial charge in [0, 0.05) is 50.4 Å². The lowest BCUT2D eigenvalue weighted by molar-refractivity contribution is -0.140. The fraction of sp³-hybridized carbons (Fsp3) is 0.412. The van der Waals surface area contributed by atoms with Gasteiger partial charge in [0.15, 0.2) is 11.7 Å². The first kappa shape index (κ1) is 21.6. The second kappa shape index (κ2) is 10.6. The SMILES string of the molecule is CCNC(=NCCc1nc(C(F)(F)F)cs1)NCCNC(=O)c1cccnc1. The van der Waals surface area contributed by atoms with Gasteiger partial charge in [-0.2, -0.15) is 13.2 Å². The van der Waals surface area contributed by atoms with Gasteiger partial charge in [0.2, 0.25) is 0 Å². The highest BCUT2D eigenvalue weighted by atomic mass is 32.1. The number of carbonyl (C=O) groups excluding carboxylic acids is 1. The zero-order chi connectivity index (χ0) is 20.4. The van der Waals surface area contributed by atoms with Crippen molar-refractivity contribution >= 4 is 23.2 Å². The molecule has 0 spiro atoms. The molecule has 0 bridgehead atoms. The van der Waals surface area contributed by atoms with Crippen LogP contribution in [0.25, 0.3) is 0 Å². The molecule has 0 atom stereocenters. The first-order chi connectivity index (χ1) is 13.4. The number of nitrogens with zero attached hydrogens (tertiary/aromatic N) is 3. The summed E-state index contributed by atoms with van der Waals surface area (Å²) in [6, 6.07) is 3.35. The van der Waals surface area contributed by atoms with E-state index in [0.29, 0.717) is 49.1 Å². The van der Waals surface area contributed by atoms with Crippen molar-refractivity contribution in [1.29, 1.82) is 0 Å². The Labute approximate surface area is 164 Å². The summed E-state index contributed by atoms with van der Waals surface area (Å²) in [6.45, 7) is 3.64. The van der Waals surface area contributed by atoms with Crippen LogP contribution in [0.3, 0.4) is 0 Å². The predicted octanol–water partition coefficient (Wildman–Crippen LogP) is 2.08. The van der Waals surface area contributed by atoms with E-state index in [9.17, 15) is 18.0 Å². The van der Waals surface area contributed by atoms with E-state index in [1.807, 2.05) is 6.92 Å². The van der Waals surface area contributed by atoms with Crippen molar-refractivity contribution in [1.82, 2.24) is 25.9 Å². The summed E-state index contributed by atoms with van der Waals surface area (Å²) in [5.74, 6) is 0.298. The lowest BCUT2D eigenvalue weighted by Crippen LogP contribution is -2.41. The topological polar surface area (TPSA) is 91.3 Å². The van der Waals surface area contributed by atoms with Crippen molar-refractivity contribution in [3.8, 4) is 0 Å². The molecule has 2 rings (SSSR count). The normalized spacial score (nSPS) is 11.9. The number of carbonyl (C=O) groups is 1. The number of pyridine rings is 1. The highest BCUT2D eigenvalue weighted by molar-refractivity contribution is 7.09. The molecule has 1 amide bonds. The molecule has 0 aliphatic carbocycles. The number of thiazole rings is 1. The van der Waals surface area contributed by atoms with Crippen molar-refractivity contribution in [2.75, 3.05) is 26.2 Å². The predicted molar refractivity (Wildman–Crippen MR) is 101 cm³/mol. The summed E-state index contributed by atoms with van der Waals surface area (Å²) < 4.78 is 37.7. The van der Waals surface area contributed by atoms with Gasteiger partial charge in [-0.1, -0.05) is 0 Å². The third-order valence-electron chi connectivity index (χ3n) is 3.41. The number of aliphatic imine (C=N–C) groups is 1. The molecular weight excluding hydrogens is 393 g/mol. The standard InChI is InChI=1S/C17H21F3N6OS/c1-2-22-16(24-7-5-14-26-13(11-28-14)17(18,19)20)25-9-8-23-15(27)12-4-3-6-21-10-12/h3-4,6,10-11H,2,5,7-9H2,1H3,(H,23,27)(H2,22,24,25). The molecule has 0 saturated heterocycles. The van der Waals surface area contributed by atoms with Crippen LogP contribution in [0.4, 0.5) is 13.2 Å². The van der Waals surface area contributed by atoms with Gasteiger partial charge in [-0.3, -0.25) is 14.8 Å². The van der Waals surface area contributed by atoms with Crippen molar-refractivity contribution < 1.29 is 18.0 Å². The van der Waals surface area contributed by atoms with E-state index in [0.717, 1.165) is 16.7 Å². The maximum absolute atomic E-state index is 12.6. The zero-order valence-electron chi connectivity index (χ0n) is 15.2. The fourth-order valence-corrected chi connectivity index (χ4v) is 2.91. The monoisotopic (exact) mass is 414 g/mol. The van der Waals surface area contributed by atoms with E-state index in [2.05, 4.69) is 30.9 Å². The van der Waals surface area contributed by atoms with E-state index < -0.39 is 11.9 Å². The van der Waals surface area contributed by atoms with Crippen LogP contribution in [0.5, 0.6) is 0 Å². The maximum Gasteiger partial charge on any atom is 0.434 e. The molecule has 28 heavy (non-hydrogen) atoms. The van der Waals surface area contributed by atoms with Crippen molar-refractivity contribution in [2.45, 2.75) is 19.5 Å². The van der Waals surface area contributed by atoms with Gasteiger partial charge in [0.1, 0.15) is 0 Å². The third-order valence-corrected chi connectivity index (χ3v) is 4.32. The Morgan fingerprint density at radius 1 is 1.25 bits per heavy atom. The molecule has 0 saturated carbocycles. The minimum absolute atomic E-state index is 0.221. The average Bonchev–Trinajstić information content (AvgIpc) is 3.15. The quantitative estimate of drug-likeness (QED) is 0.350. The first-order valence-corrected chi connectivity index (χ1v) is 9.50. The highest BCUT2D eigenvalue weighted by Crippen LogP contribution is 2.30. The van der Waals surface area contributed by atoms with Crippen LogP contribution in [-0.2, 0) is 12.6 Å². The van der Waals surface area contributed by atoms with Gasteiger partial charge >= 0.3 is 6.18 Å². The number of nitrogens with one attached hydrogen (secondary N) is 3. The highest BCUT2D eigenvalue weighted by Gasteiger charge is 2.33. The summed E-state index contributed by atoms with van der Waals surface area (Å²) in [4.78, 5) is 23.7. The number of hydrogen-bond acceptors (Lipinski definition) is 5. The second-order valence-electron chi connectivity index (χ2n) is 5.56. The summed E-state index contributed by atoms with van der Waals surface area (Å²) in [5.41, 5.74) is -0.393. The van der Waals surface area contributed by atoms with Gasteiger partial charge in [0.05, 0.1) is 10.6 Å². The number of hydrogen-bond donors (Lipinski definition) is 3. The largest absolute Gasteiger partial charge is 0.434 e. The third kappa shape index (κ3) is 7.14. The van der Waals surface area contributed by atoms with Gasteiger partial charge in [-0.15, -0.1) is 11.3 Å². The van der Waals surface area contributed by atoms with Crippen LogP contribution in [0.2, 0.25) is 0 Å². The minimum atomic E-state index is -4.42. The van der Waals surface area contributed by atoms with E-state index in [1.54, 1.807) is 18.3 Å². The Morgan fingerprint density at radius 2 is 2.04 bits per heavy atom.